The Balaban J connectivity index is 1.44. The van der Waals surface area contributed by atoms with E-state index < -0.39 is 28.2 Å². The average molecular weight is 597 g/mol. The number of carbonyl (C=O) groups is 1. The van der Waals surface area contributed by atoms with Crippen molar-refractivity contribution >= 4 is 44.4 Å². The summed E-state index contributed by atoms with van der Waals surface area (Å²) in [5.74, 6) is 1.70. The zero-order valence-electron chi connectivity index (χ0n) is 24.1. The number of fused-ring (bicyclic) bond motifs is 2. The summed E-state index contributed by atoms with van der Waals surface area (Å²) in [7, 11) is -3.59. The summed E-state index contributed by atoms with van der Waals surface area (Å²) in [5.41, 5.74) is -0.923. The van der Waals surface area contributed by atoms with E-state index in [1.54, 1.807) is 24.3 Å². The molecule has 3 atom stereocenters. The van der Waals surface area contributed by atoms with Gasteiger partial charge in [-0.05, 0) is 65.5 Å². The van der Waals surface area contributed by atoms with Crippen LogP contribution in [-0.4, -0.2) is 32.0 Å². The largest absolute Gasteiger partial charge is 0.459 e. The van der Waals surface area contributed by atoms with Crippen molar-refractivity contribution in [2.24, 2.45) is 16.7 Å². The first-order valence-corrected chi connectivity index (χ1v) is 18.1. The highest BCUT2D eigenvalue weighted by atomic mass is 32.2. The van der Waals surface area contributed by atoms with Crippen LogP contribution in [0.4, 0.5) is 0 Å². The number of sulfone groups is 1. The highest BCUT2D eigenvalue weighted by molar-refractivity contribution is 7.95. The fourth-order valence-electron chi connectivity index (χ4n) is 7.54. The van der Waals surface area contributed by atoms with Crippen LogP contribution in [0.25, 0.3) is 0 Å². The molecular formula is C36H37O4PS. The maximum absolute atomic E-state index is 14.2. The van der Waals surface area contributed by atoms with Crippen LogP contribution < -0.4 is 15.9 Å². The van der Waals surface area contributed by atoms with Crippen LogP contribution in [0.1, 0.15) is 33.1 Å². The molecule has 0 amide bonds. The molecule has 2 fully saturated rings. The van der Waals surface area contributed by atoms with Gasteiger partial charge in [-0.1, -0.05) is 123 Å². The van der Waals surface area contributed by atoms with E-state index in [9.17, 15) is 13.2 Å². The predicted octanol–water partition coefficient (Wildman–Crippen LogP) is 5.99. The molecule has 4 aromatic rings. The molecular weight excluding hydrogens is 559 g/mol. The minimum Gasteiger partial charge on any atom is -0.459 e. The molecule has 0 aliphatic heterocycles. The Morgan fingerprint density at radius 3 is 1.69 bits per heavy atom. The zero-order chi connectivity index (χ0) is 29.4. The first-order chi connectivity index (χ1) is 20.2. The van der Waals surface area contributed by atoms with Crippen LogP contribution in [-0.2, 0) is 19.4 Å². The first-order valence-electron chi connectivity index (χ1n) is 14.6. The zero-order valence-corrected chi connectivity index (χ0v) is 25.8. The Bertz CT molecular complexity index is 1620. The summed E-state index contributed by atoms with van der Waals surface area (Å²) < 4.78 is 33.9. The molecule has 2 bridgehead atoms. The molecule has 216 valence electrons. The van der Waals surface area contributed by atoms with Crippen molar-refractivity contribution in [3.8, 4) is 0 Å². The summed E-state index contributed by atoms with van der Waals surface area (Å²) in [5, 5.41) is 3.19. The third kappa shape index (κ3) is 4.77. The predicted molar refractivity (Wildman–Crippen MR) is 173 cm³/mol. The summed E-state index contributed by atoms with van der Waals surface area (Å²) in [4.78, 5) is 14.5. The first kappa shape index (κ1) is 28.7. The standard InChI is InChI=1S/C36H37O4PS/c1-35(2)28-23-24-36(35,27-42(38,39)32-21-13-6-14-22-32)33(25-28)40-34(37)26-41(29-15-7-3-8-16-29,30-17-9-4-10-18-30)31-19-11-5-12-20-31/h3-22,26,28,33H,23-25,27H2,1-2H3. The fraction of sp³-hybridized carbons (Fsp3) is 0.278. The summed E-state index contributed by atoms with van der Waals surface area (Å²) in [6.07, 6.45) is 1.89. The second kappa shape index (κ2) is 11.0. The molecule has 0 aromatic heterocycles. The number of esters is 1. The number of carbonyl (C=O) groups excluding carboxylic acids is 1. The van der Waals surface area contributed by atoms with E-state index in [-0.39, 0.29) is 17.1 Å². The fourth-order valence-corrected chi connectivity index (χ4v) is 13.3. The SMILES string of the molecule is CC1(C)C2CCC1(CS(=O)(=O)c1ccccc1)C(OC(=O)C=P(c1ccccc1)(c1ccccc1)c1ccccc1)C2. The molecule has 0 radical (unpaired) electrons. The lowest BCUT2D eigenvalue weighted by Crippen LogP contribution is -2.46. The van der Waals surface area contributed by atoms with Crippen molar-refractivity contribution in [2.75, 3.05) is 5.75 Å². The Labute approximate surface area is 249 Å². The van der Waals surface area contributed by atoms with Crippen LogP contribution in [0, 0.1) is 16.7 Å². The third-order valence-electron chi connectivity index (χ3n) is 9.96. The van der Waals surface area contributed by atoms with Crippen molar-refractivity contribution in [1.29, 1.82) is 0 Å². The maximum atomic E-state index is 14.2. The molecule has 6 rings (SSSR count). The van der Waals surface area contributed by atoms with Gasteiger partial charge in [-0.15, -0.1) is 0 Å². The average Bonchev–Trinajstić information content (AvgIpc) is 3.36. The van der Waals surface area contributed by atoms with Crippen LogP contribution in [0.5, 0.6) is 0 Å². The van der Waals surface area contributed by atoms with Crippen molar-refractivity contribution in [2.45, 2.75) is 44.1 Å². The molecule has 42 heavy (non-hydrogen) atoms. The Morgan fingerprint density at radius 2 is 1.24 bits per heavy atom. The molecule has 6 heteroatoms. The van der Waals surface area contributed by atoms with Crippen LogP contribution in [0.3, 0.4) is 0 Å². The topological polar surface area (TPSA) is 60.4 Å². The maximum Gasteiger partial charge on any atom is 0.332 e. The molecule has 0 spiro atoms. The van der Waals surface area contributed by atoms with Crippen LogP contribution >= 0.6 is 6.89 Å². The van der Waals surface area contributed by atoms with Gasteiger partial charge in [0.15, 0.2) is 9.84 Å². The van der Waals surface area contributed by atoms with E-state index in [1.165, 1.54) is 0 Å². The van der Waals surface area contributed by atoms with Gasteiger partial charge in [0.1, 0.15) is 6.10 Å². The Hall–Kier alpha value is -3.40. The molecule has 2 saturated carbocycles. The molecule has 4 aromatic carbocycles. The van der Waals surface area contributed by atoms with Crippen LogP contribution in [0.15, 0.2) is 126 Å². The Morgan fingerprint density at radius 1 is 0.786 bits per heavy atom. The van der Waals surface area contributed by atoms with Crippen molar-refractivity contribution in [3.63, 3.8) is 0 Å². The quantitative estimate of drug-likeness (QED) is 0.185. The highest BCUT2D eigenvalue weighted by Crippen LogP contribution is 2.67. The van der Waals surface area contributed by atoms with Gasteiger partial charge in [-0.3, -0.25) is 0 Å². The van der Waals surface area contributed by atoms with E-state index in [1.807, 2.05) is 66.5 Å². The third-order valence-corrected chi connectivity index (χ3v) is 15.8. The van der Waals surface area contributed by atoms with E-state index in [0.717, 1.165) is 28.8 Å². The monoisotopic (exact) mass is 596 g/mol. The molecule has 4 nitrogen and oxygen atoms in total. The lowest BCUT2D eigenvalue weighted by Gasteiger charge is -2.41. The lowest BCUT2D eigenvalue weighted by molar-refractivity contribution is -0.147. The van der Waals surface area contributed by atoms with E-state index in [2.05, 4.69) is 50.2 Å². The van der Waals surface area contributed by atoms with Crippen LogP contribution in [0.2, 0.25) is 0 Å². The van der Waals surface area contributed by atoms with E-state index in [4.69, 9.17) is 4.74 Å². The number of ether oxygens (including phenoxy) is 1. The molecule has 2 aliphatic rings. The second-order valence-corrected chi connectivity index (χ2v) is 17.4. The molecule has 2 aliphatic carbocycles. The number of hydrogen-bond acceptors (Lipinski definition) is 4. The second-order valence-electron chi connectivity index (χ2n) is 12.2. The summed E-state index contributed by atoms with van der Waals surface area (Å²) in [6, 6.07) is 39.2. The summed E-state index contributed by atoms with van der Waals surface area (Å²) in [6.45, 7) is 1.79. The summed E-state index contributed by atoms with van der Waals surface area (Å²) >= 11 is 0. The van der Waals surface area contributed by atoms with Gasteiger partial charge in [-0.2, -0.15) is 0 Å². The van der Waals surface area contributed by atoms with E-state index >= 15 is 0 Å². The number of rotatable bonds is 8. The molecule has 0 heterocycles. The van der Waals surface area contributed by atoms with Crippen molar-refractivity contribution in [1.82, 2.24) is 0 Å². The van der Waals surface area contributed by atoms with Gasteiger partial charge in [0, 0.05) is 11.2 Å². The van der Waals surface area contributed by atoms with Gasteiger partial charge < -0.3 is 4.74 Å². The molecule has 3 unspecified atom stereocenters. The van der Waals surface area contributed by atoms with Gasteiger partial charge in [0.05, 0.1) is 10.6 Å². The molecule has 0 N–H and O–H groups in total. The molecule has 0 saturated heterocycles. The van der Waals surface area contributed by atoms with Gasteiger partial charge in [0.25, 0.3) is 0 Å². The van der Waals surface area contributed by atoms with E-state index in [0.29, 0.717) is 17.2 Å². The van der Waals surface area contributed by atoms with Crippen molar-refractivity contribution < 1.29 is 17.9 Å². The minimum absolute atomic E-state index is 0.0260. The minimum atomic E-state index is -3.59. The van der Waals surface area contributed by atoms with Crippen molar-refractivity contribution in [3.05, 3.63) is 121 Å². The Kier molecular flexibility index (Phi) is 7.53. The highest BCUT2D eigenvalue weighted by Gasteiger charge is 2.66. The normalized spacial score (nSPS) is 22.9. The number of hydrogen-bond donors (Lipinski definition) is 0. The lowest BCUT2D eigenvalue weighted by atomic mass is 9.69. The van der Waals surface area contributed by atoms with Gasteiger partial charge in [0.2, 0.25) is 0 Å². The van der Waals surface area contributed by atoms with Gasteiger partial charge >= 0.3 is 5.97 Å². The smallest absolute Gasteiger partial charge is 0.332 e. The number of benzene rings is 4. The van der Waals surface area contributed by atoms with Gasteiger partial charge in [-0.25, -0.2) is 13.2 Å².